The predicted octanol–water partition coefficient (Wildman–Crippen LogP) is 3.66. The number of fused-ring (bicyclic) bond motifs is 1. The van der Waals surface area contributed by atoms with Gasteiger partial charge in [0.1, 0.15) is 12.3 Å². The standard InChI is InChI=1S/C21H20F3N3O3S/c1-30-20-12-15(31(2,28)29)5-6-18(20)26-8-3-4-14-10-17(25)16-7-9-27(19(16)11-14)13-21(22,23)24/h5-7,9-12,26H,8,13,25H2,1-2H3. The third-order valence-electron chi connectivity index (χ3n) is 4.47. The molecule has 0 fully saturated rings. The van der Waals surface area contributed by atoms with Gasteiger partial charge >= 0.3 is 6.18 Å². The zero-order valence-electron chi connectivity index (χ0n) is 16.7. The van der Waals surface area contributed by atoms with E-state index in [0.717, 1.165) is 10.8 Å². The number of nitrogen functional groups attached to an aromatic ring is 1. The van der Waals surface area contributed by atoms with Gasteiger partial charge in [-0.3, -0.25) is 0 Å². The fourth-order valence-electron chi connectivity index (χ4n) is 3.06. The highest BCUT2D eigenvalue weighted by atomic mass is 32.2. The molecule has 0 aliphatic rings. The Hall–Kier alpha value is -3.32. The second-order valence-corrected chi connectivity index (χ2v) is 8.86. The second-order valence-electron chi connectivity index (χ2n) is 6.85. The molecule has 0 unspecified atom stereocenters. The molecule has 10 heteroatoms. The number of hydrogen-bond donors (Lipinski definition) is 2. The zero-order chi connectivity index (χ0) is 22.8. The van der Waals surface area contributed by atoms with Gasteiger partial charge in [-0.15, -0.1) is 0 Å². The molecule has 2 aromatic carbocycles. The number of hydrogen-bond acceptors (Lipinski definition) is 5. The molecular weight excluding hydrogens is 431 g/mol. The fraction of sp³-hybridized carbons (Fsp3) is 0.238. The molecule has 0 bridgehead atoms. The van der Waals surface area contributed by atoms with Crippen molar-refractivity contribution in [2.75, 3.05) is 31.0 Å². The van der Waals surface area contributed by atoms with E-state index in [2.05, 4.69) is 17.2 Å². The van der Waals surface area contributed by atoms with Gasteiger partial charge in [0.2, 0.25) is 0 Å². The topological polar surface area (TPSA) is 86.3 Å². The Morgan fingerprint density at radius 3 is 2.58 bits per heavy atom. The van der Waals surface area contributed by atoms with E-state index in [1.807, 2.05) is 0 Å². The van der Waals surface area contributed by atoms with Crippen LogP contribution >= 0.6 is 0 Å². The molecule has 3 aromatic rings. The maximum absolute atomic E-state index is 12.8. The maximum atomic E-state index is 12.8. The summed E-state index contributed by atoms with van der Waals surface area (Å²) < 4.78 is 68.0. The molecule has 0 amide bonds. The van der Waals surface area contributed by atoms with E-state index >= 15 is 0 Å². The van der Waals surface area contributed by atoms with E-state index in [9.17, 15) is 21.6 Å². The van der Waals surface area contributed by atoms with Crippen LogP contribution in [0.1, 0.15) is 5.56 Å². The van der Waals surface area contributed by atoms with Crippen molar-refractivity contribution in [2.24, 2.45) is 0 Å². The van der Waals surface area contributed by atoms with Crippen LogP contribution < -0.4 is 15.8 Å². The summed E-state index contributed by atoms with van der Waals surface area (Å²) in [6, 6.07) is 9.15. The van der Waals surface area contributed by atoms with Gasteiger partial charge in [-0.25, -0.2) is 8.42 Å². The van der Waals surface area contributed by atoms with E-state index in [1.54, 1.807) is 24.3 Å². The number of methoxy groups -OCH3 is 1. The Bertz CT molecular complexity index is 1290. The Morgan fingerprint density at radius 1 is 1.19 bits per heavy atom. The first kappa shape index (κ1) is 22.4. The summed E-state index contributed by atoms with van der Waals surface area (Å²) in [7, 11) is -1.94. The number of nitrogens with zero attached hydrogens (tertiary/aromatic N) is 1. The van der Waals surface area contributed by atoms with Crippen LogP contribution in [-0.2, 0) is 16.4 Å². The van der Waals surface area contributed by atoms with Crippen LogP contribution in [0.5, 0.6) is 5.75 Å². The summed E-state index contributed by atoms with van der Waals surface area (Å²) in [5, 5.41) is 3.55. The van der Waals surface area contributed by atoms with Crippen LogP contribution in [0.15, 0.2) is 47.5 Å². The number of sulfone groups is 1. The average Bonchev–Trinajstić information content (AvgIpc) is 3.06. The maximum Gasteiger partial charge on any atom is 0.406 e. The number of ether oxygens (including phenoxy) is 1. The molecule has 0 spiro atoms. The number of nitrogens with two attached hydrogens (primary N) is 1. The lowest BCUT2D eigenvalue weighted by molar-refractivity contribution is -0.139. The van der Waals surface area contributed by atoms with Crippen LogP contribution in [0.25, 0.3) is 10.9 Å². The largest absolute Gasteiger partial charge is 0.495 e. The molecule has 3 N–H and O–H groups in total. The SMILES string of the molecule is COc1cc(S(C)(=O)=O)ccc1NCC#Cc1cc(N)c2ccn(CC(F)(F)F)c2c1. The van der Waals surface area contributed by atoms with E-state index in [0.29, 0.717) is 33.6 Å². The minimum atomic E-state index is -4.35. The van der Waals surface area contributed by atoms with Crippen LogP contribution in [0.3, 0.4) is 0 Å². The highest BCUT2D eigenvalue weighted by Crippen LogP contribution is 2.28. The molecule has 1 aromatic heterocycles. The molecule has 0 aliphatic carbocycles. The third kappa shape index (κ3) is 5.44. The molecule has 0 saturated heterocycles. The quantitative estimate of drug-likeness (QED) is 0.457. The van der Waals surface area contributed by atoms with Crippen molar-refractivity contribution in [1.29, 1.82) is 0 Å². The van der Waals surface area contributed by atoms with E-state index in [1.165, 1.54) is 25.4 Å². The first-order valence-electron chi connectivity index (χ1n) is 9.04. The number of benzene rings is 2. The van der Waals surface area contributed by atoms with E-state index < -0.39 is 22.6 Å². The fourth-order valence-corrected chi connectivity index (χ4v) is 3.70. The van der Waals surface area contributed by atoms with Gasteiger partial charge < -0.3 is 20.4 Å². The Balaban J connectivity index is 1.79. The van der Waals surface area contributed by atoms with Gasteiger partial charge in [-0.1, -0.05) is 11.8 Å². The van der Waals surface area contributed by atoms with Gasteiger partial charge in [0.25, 0.3) is 0 Å². The summed E-state index contributed by atoms with van der Waals surface area (Å²) in [6.07, 6.45) is -1.90. The van der Waals surface area contributed by atoms with Crippen LogP contribution in [0.2, 0.25) is 0 Å². The number of alkyl halides is 3. The molecule has 0 atom stereocenters. The summed E-state index contributed by atoms with van der Waals surface area (Å²) in [4.78, 5) is 0.131. The molecule has 1 heterocycles. The van der Waals surface area contributed by atoms with E-state index in [4.69, 9.17) is 10.5 Å². The van der Waals surface area contributed by atoms with Crippen molar-refractivity contribution >= 4 is 32.1 Å². The number of rotatable bonds is 5. The molecule has 6 nitrogen and oxygen atoms in total. The summed E-state index contributed by atoms with van der Waals surface area (Å²) in [5.41, 5.74) is 7.70. The zero-order valence-corrected chi connectivity index (χ0v) is 17.6. The highest BCUT2D eigenvalue weighted by Gasteiger charge is 2.28. The Kier molecular flexibility index (Phi) is 6.08. The summed E-state index contributed by atoms with van der Waals surface area (Å²) in [6.45, 7) is -0.923. The van der Waals surface area contributed by atoms with Gasteiger partial charge in [0.15, 0.2) is 9.84 Å². The predicted molar refractivity (Wildman–Crippen MR) is 114 cm³/mol. The van der Waals surface area contributed by atoms with Gasteiger partial charge in [0.05, 0.1) is 29.8 Å². The number of halogens is 3. The number of aromatic nitrogens is 1. The van der Waals surface area contributed by atoms with E-state index in [-0.39, 0.29) is 11.4 Å². The smallest absolute Gasteiger partial charge is 0.406 e. The molecule has 164 valence electrons. The Labute approximate surface area is 177 Å². The summed E-state index contributed by atoms with van der Waals surface area (Å²) in [5.74, 6) is 6.10. The lowest BCUT2D eigenvalue weighted by Crippen LogP contribution is -2.16. The third-order valence-corrected chi connectivity index (χ3v) is 5.58. The second kappa shape index (κ2) is 8.43. The first-order chi connectivity index (χ1) is 14.5. The van der Waals surface area contributed by atoms with Gasteiger partial charge in [0, 0.05) is 35.2 Å². The molecule has 0 aliphatic heterocycles. The highest BCUT2D eigenvalue weighted by molar-refractivity contribution is 7.90. The minimum Gasteiger partial charge on any atom is -0.495 e. The Morgan fingerprint density at radius 2 is 1.94 bits per heavy atom. The van der Waals surface area contributed by atoms with Crippen molar-refractivity contribution in [3.63, 3.8) is 0 Å². The molecule has 31 heavy (non-hydrogen) atoms. The minimum absolute atomic E-state index is 0.131. The van der Waals surface area contributed by atoms with Crippen molar-refractivity contribution in [2.45, 2.75) is 17.6 Å². The lowest BCUT2D eigenvalue weighted by Gasteiger charge is -2.10. The first-order valence-corrected chi connectivity index (χ1v) is 10.9. The normalized spacial score (nSPS) is 11.8. The molecular formula is C21H20F3N3O3S. The monoisotopic (exact) mass is 451 g/mol. The van der Waals surface area contributed by atoms with Crippen LogP contribution in [0, 0.1) is 11.8 Å². The van der Waals surface area contributed by atoms with Crippen molar-refractivity contribution in [1.82, 2.24) is 4.57 Å². The lowest BCUT2D eigenvalue weighted by atomic mass is 10.1. The van der Waals surface area contributed by atoms with Crippen molar-refractivity contribution in [3.8, 4) is 17.6 Å². The average molecular weight is 451 g/mol. The number of anilines is 2. The number of nitrogens with one attached hydrogen (secondary N) is 1. The van der Waals surface area contributed by atoms with Gasteiger partial charge in [-0.05, 0) is 30.3 Å². The molecule has 0 radical (unpaired) electrons. The van der Waals surface area contributed by atoms with Crippen LogP contribution in [-0.4, -0.2) is 39.1 Å². The molecule has 3 rings (SSSR count). The van der Waals surface area contributed by atoms with Gasteiger partial charge in [-0.2, -0.15) is 13.2 Å². The van der Waals surface area contributed by atoms with Crippen molar-refractivity contribution in [3.05, 3.63) is 48.2 Å². The van der Waals surface area contributed by atoms with Crippen molar-refractivity contribution < 1.29 is 26.3 Å². The van der Waals surface area contributed by atoms with Crippen LogP contribution in [0.4, 0.5) is 24.5 Å². The molecule has 0 saturated carbocycles. The summed E-state index contributed by atoms with van der Waals surface area (Å²) >= 11 is 0.